The van der Waals surface area contributed by atoms with E-state index in [1.807, 2.05) is 24.3 Å². The summed E-state index contributed by atoms with van der Waals surface area (Å²) in [6, 6.07) is 11.1. The molecule has 0 saturated heterocycles. The zero-order valence-corrected chi connectivity index (χ0v) is 14.2. The van der Waals surface area contributed by atoms with Gasteiger partial charge in [-0.2, -0.15) is 0 Å². The highest BCUT2D eigenvalue weighted by atomic mass is 79.9. The number of esters is 1. The number of rotatable bonds is 4. The average Bonchev–Trinajstić information content (AvgIpc) is 2.49. The lowest BCUT2D eigenvalue weighted by Gasteiger charge is -2.18. The summed E-state index contributed by atoms with van der Waals surface area (Å²) >= 11 is 6.43. The van der Waals surface area contributed by atoms with Crippen molar-refractivity contribution in [3.63, 3.8) is 0 Å². The van der Waals surface area contributed by atoms with Crippen LogP contribution in [-0.4, -0.2) is 13.1 Å². The van der Waals surface area contributed by atoms with Gasteiger partial charge in [-0.05, 0) is 57.9 Å². The molecule has 110 valence electrons. The number of ether oxygens (including phenoxy) is 1. The molecule has 0 radical (unpaired) electrons. The van der Waals surface area contributed by atoms with Crippen LogP contribution in [0.15, 0.2) is 51.4 Å². The van der Waals surface area contributed by atoms with Gasteiger partial charge in [0.05, 0.1) is 11.6 Å². The van der Waals surface area contributed by atoms with Crippen molar-refractivity contribution in [2.45, 2.75) is 6.04 Å². The first-order valence-corrected chi connectivity index (χ1v) is 7.64. The molecule has 1 atom stereocenters. The van der Waals surface area contributed by atoms with Gasteiger partial charge < -0.3 is 10.1 Å². The van der Waals surface area contributed by atoms with Crippen LogP contribution >= 0.6 is 31.9 Å². The number of halogens is 3. The van der Waals surface area contributed by atoms with Crippen molar-refractivity contribution in [3.8, 4) is 0 Å². The number of carbonyl (C=O) groups excluding carboxylic acids is 1. The third-order valence-electron chi connectivity index (χ3n) is 2.87. The van der Waals surface area contributed by atoms with Crippen LogP contribution in [0.2, 0.25) is 0 Å². The number of methoxy groups -OCH3 is 1. The molecule has 0 aliphatic rings. The molecule has 2 rings (SSSR count). The van der Waals surface area contributed by atoms with Gasteiger partial charge in [0.2, 0.25) is 0 Å². The van der Waals surface area contributed by atoms with Crippen LogP contribution in [0.1, 0.15) is 11.6 Å². The van der Waals surface area contributed by atoms with Crippen molar-refractivity contribution >= 4 is 43.5 Å². The van der Waals surface area contributed by atoms with E-state index in [1.54, 1.807) is 12.1 Å². The third kappa shape index (κ3) is 4.04. The lowest BCUT2D eigenvalue weighted by Crippen LogP contribution is -2.22. The number of carbonyl (C=O) groups is 1. The van der Waals surface area contributed by atoms with Crippen molar-refractivity contribution in [2.24, 2.45) is 0 Å². The summed E-state index contributed by atoms with van der Waals surface area (Å²) in [7, 11) is 1.30. The second-order valence-electron chi connectivity index (χ2n) is 4.28. The first-order chi connectivity index (χ1) is 10.0. The van der Waals surface area contributed by atoms with Gasteiger partial charge in [-0.3, -0.25) is 0 Å². The molecule has 1 unspecified atom stereocenters. The second kappa shape index (κ2) is 7.04. The quantitative estimate of drug-likeness (QED) is 0.735. The Morgan fingerprint density at radius 1 is 1.19 bits per heavy atom. The minimum absolute atomic E-state index is 0.346. The largest absolute Gasteiger partial charge is 0.467 e. The standard InChI is InChI=1S/C15H12Br2FNO2/c1-21-15(20)14(9-2-7-12(17)13(18)8-9)19-11-5-3-10(16)4-6-11/h2-8,14,19H,1H3. The monoisotopic (exact) mass is 415 g/mol. The summed E-state index contributed by atoms with van der Waals surface area (Å²) in [5, 5.41) is 3.04. The van der Waals surface area contributed by atoms with Crippen LogP contribution in [0, 0.1) is 5.82 Å². The normalized spacial score (nSPS) is 11.8. The van der Waals surface area contributed by atoms with E-state index in [4.69, 9.17) is 4.74 Å². The number of hydrogen-bond donors (Lipinski definition) is 1. The number of anilines is 1. The molecule has 0 bridgehead atoms. The van der Waals surface area contributed by atoms with E-state index in [9.17, 15) is 9.18 Å². The third-order valence-corrected chi connectivity index (χ3v) is 4.04. The van der Waals surface area contributed by atoms with Gasteiger partial charge in [0.25, 0.3) is 0 Å². The second-order valence-corrected chi connectivity index (χ2v) is 6.05. The summed E-state index contributed by atoms with van der Waals surface area (Å²) in [5.41, 5.74) is 1.22. The van der Waals surface area contributed by atoms with Crippen molar-refractivity contribution in [1.29, 1.82) is 0 Å². The average molecular weight is 417 g/mol. The molecule has 0 heterocycles. The molecule has 21 heavy (non-hydrogen) atoms. The van der Waals surface area contributed by atoms with Gasteiger partial charge in [0.1, 0.15) is 5.82 Å². The fourth-order valence-electron chi connectivity index (χ4n) is 1.80. The summed E-state index contributed by atoms with van der Waals surface area (Å²) in [6.45, 7) is 0. The van der Waals surface area contributed by atoms with Gasteiger partial charge in [-0.25, -0.2) is 9.18 Å². The van der Waals surface area contributed by atoms with E-state index in [0.29, 0.717) is 10.0 Å². The Morgan fingerprint density at radius 3 is 2.43 bits per heavy atom. The molecule has 2 aromatic rings. The Bertz CT molecular complexity index is 647. The summed E-state index contributed by atoms with van der Waals surface area (Å²) in [4.78, 5) is 12.0. The first kappa shape index (κ1) is 16.0. The zero-order valence-electron chi connectivity index (χ0n) is 11.1. The molecule has 0 aliphatic heterocycles. The molecule has 0 spiro atoms. The highest BCUT2D eigenvalue weighted by Gasteiger charge is 2.22. The van der Waals surface area contributed by atoms with Gasteiger partial charge in [-0.15, -0.1) is 0 Å². The molecule has 2 aromatic carbocycles. The predicted octanol–water partition coefficient (Wildman–Crippen LogP) is 4.68. The van der Waals surface area contributed by atoms with Crippen molar-refractivity contribution < 1.29 is 13.9 Å². The molecule has 0 amide bonds. The first-order valence-electron chi connectivity index (χ1n) is 6.06. The summed E-state index contributed by atoms with van der Waals surface area (Å²) in [6.07, 6.45) is 0. The van der Waals surface area contributed by atoms with Gasteiger partial charge >= 0.3 is 5.97 Å². The minimum atomic E-state index is -0.779. The van der Waals surface area contributed by atoms with Crippen LogP contribution in [0.5, 0.6) is 0 Å². The van der Waals surface area contributed by atoms with E-state index in [2.05, 4.69) is 37.2 Å². The summed E-state index contributed by atoms with van der Waals surface area (Å²) < 4.78 is 19.7. The number of hydrogen-bond acceptors (Lipinski definition) is 3. The van der Waals surface area contributed by atoms with Crippen molar-refractivity contribution in [1.82, 2.24) is 0 Å². The van der Waals surface area contributed by atoms with Crippen LogP contribution in [0.4, 0.5) is 10.1 Å². The molecule has 1 N–H and O–H groups in total. The maximum absolute atomic E-state index is 13.7. The Labute approximate surface area is 138 Å². The molecular formula is C15H12Br2FNO2. The van der Waals surface area contributed by atoms with E-state index in [-0.39, 0.29) is 0 Å². The molecule has 0 aliphatic carbocycles. The van der Waals surface area contributed by atoms with Gasteiger partial charge in [-0.1, -0.05) is 22.0 Å². The maximum atomic E-state index is 13.7. The molecule has 0 fully saturated rings. The van der Waals surface area contributed by atoms with Gasteiger partial charge in [0.15, 0.2) is 6.04 Å². The Kier molecular flexibility index (Phi) is 5.36. The highest BCUT2D eigenvalue weighted by molar-refractivity contribution is 9.10. The minimum Gasteiger partial charge on any atom is -0.467 e. The predicted molar refractivity (Wildman–Crippen MR) is 86.6 cm³/mol. The SMILES string of the molecule is COC(=O)C(Nc1ccc(Br)cc1)c1ccc(Br)c(F)c1. The fourth-order valence-corrected chi connectivity index (χ4v) is 2.31. The van der Waals surface area contributed by atoms with E-state index >= 15 is 0 Å². The van der Waals surface area contributed by atoms with E-state index in [0.717, 1.165) is 10.2 Å². The Morgan fingerprint density at radius 2 is 1.86 bits per heavy atom. The Balaban J connectivity index is 2.31. The summed E-state index contributed by atoms with van der Waals surface area (Å²) in [5.74, 6) is -0.918. The van der Waals surface area contributed by atoms with Gasteiger partial charge in [0, 0.05) is 10.2 Å². The van der Waals surface area contributed by atoms with Crippen LogP contribution in [-0.2, 0) is 9.53 Å². The molecule has 6 heteroatoms. The zero-order chi connectivity index (χ0) is 15.4. The maximum Gasteiger partial charge on any atom is 0.332 e. The molecule has 3 nitrogen and oxygen atoms in total. The van der Waals surface area contributed by atoms with Crippen LogP contribution < -0.4 is 5.32 Å². The topological polar surface area (TPSA) is 38.3 Å². The van der Waals surface area contributed by atoms with Crippen molar-refractivity contribution in [3.05, 3.63) is 62.8 Å². The molecule has 0 saturated carbocycles. The molecule has 0 aromatic heterocycles. The van der Waals surface area contributed by atoms with Crippen LogP contribution in [0.3, 0.4) is 0 Å². The molecular weight excluding hydrogens is 405 g/mol. The van der Waals surface area contributed by atoms with E-state index < -0.39 is 17.8 Å². The Hall–Kier alpha value is -1.40. The highest BCUT2D eigenvalue weighted by Crippen LogP contribution is 2.25. The lowest BCUT2D eigenvalue weighted by atomic mass is 10.1. The fraction of sp³-hybridized carbons (Fsp3) is 0.133. The number of benzene rings is 2. The van der Waals surface area contributed by atoms with Crippen LogP contribution in [0.25, 0.3) is 0 Å². The lowest BCUT2D eigenvalue weighted by molar-refractivity contribution is -0.141. The number of nitrogens with one attached hydrogen (secondary N) is 1. The van der Waals surface area contributed by atoms with Crippen molar-refractivity contribution in [2.75, 3.05) is 12.4 Å². The van der Waals surface area contributed by atoms with E-state index in [1.165, 1.54) is 13.2 Å². The smallest absolute Gasteiger partial charge is 0.332 e.